The molecule has 148 valence electrons. The highest BCUT2D eigenvalue weighted by Gasteiger charge is 2.37. The third-order valence-electron chi connectivity index (χ3n) is 6.11. The van der Waals surface area contributed by atoms with E-state index in [-0.39, 0.29) is 23.6 Å². The fourth-order valence-corrected chi connectivity index (χ4v) is 4.86. The van der Waals surface area contributed by atoms with Gasteiger partial charge in [-0.25, -0.2) is 0 Å². The summed E-state index contributed by atoms with van der Waals surface area (Å²) in [5.74, 6) is 0.164. The Kier molecular flexibility index (Phi) is 4.40. The number of hydrogen-bond acceptors (Lipinski definition) is 3. The highest BCUT2D eigenvalue weighted by molar-refractivity contribution is 5.99. The van der Waals surface area contributed by atoms with E-state index in [9.17, 15) is 9.90 Å². The van der Waals surface area contributed by atoms with E-state index in [1.54, 1.807) is 6.07 Å². The summed E-state index contributed by atoms with van der Waals surface area (Å²) in [6, 6.07) is 14.0. The van der Waals surface area contributed by atoms with E-state index in [1.165, 1.54) is 22.1 Å². The third-order valence-corrected chi connectivity index (χ3v) is 6.11. The number of nitrogens with one attached hydrogen (secondary N) is 2. The second kappa shape index (κ2) is 7.08. The number of aromatic hydroxyl groups is 1. The van der Waals surface area contributed by atoms with Crippen LogP contribution in [0.2, 0.25) is 0 Å². The maximum Gasteiger partial charge on any atom is 0.228 e. The average Bonchev–Trinajstić information content (AvgIpc) is 3.13. The van der Waals surface area contributed by atoms with Gasteiger partial charge in [0, 0.05) is 42.8 Å². The molecule has 1 amide bonds. The first-order valence-corrected chi connectivity index (χ1v) is 10.2. The van der Waals surface area contributed by atoms with Crippen molar-refractivity contribution >= 4 is 22.4 Å². The van der Waals surface area contributed by atoms with Crippen LogP contribution in [0.5, 0.6) is 5.75 Å². The lowest BCUT2D eigenvalue weighted by molar-refractivity contribution is -0.124. The number of aromatic nitrogens is 1. The van der Waals surface area contributed by atoms with Crippen LogP contribution in [0, 0.1) is 5.92 Å². The van der Waals surface area contributed by atoms with Gasteiger partial charge in [-0.1, -0.05) is 30.3 Å². The molecule has 1 aliphatic heterocycles. The van der Waals surface area contributed by atoms with Crippen LogP contribution in [0.4, 0.5) is 0 Å². The van der Waals surface area contributed by atoms with Gasteiger partial charge in [0.15, 0.2) is 0 Å². The summed E-state index contributed by atoms with van der Waals surface area (Å²) in [4.78, 5) is 18.5. The van der Waals surface area contributed by atoms with Gasteiger partial charge in [-0.2, -0.15) is 0 Å². The van der Waals surface area contributed by atoms with Crippen molar-refractivity contribution in [2.45, 2.75) is 25.9 Å². The number of benzene rings is 2. The zero-order chi connectivity index (χ0) is 20.0. The SMILES string of the molecule is CCNC(=O)[C@@H]1C=C2c3cccc4[nH]cc(c34)CC2N(Cc2cccc(O)c2)C1. The lowest BCUT2D eigenvalue weighted by Gasteiger charge is -2.41. The Morgan fingerprint density at radius 3 is 2.97 bits per heavy atom. The van der Waals surface area contributed by atoms with Crippen molar-refractivity contribution in [1.29, 1.82) is 0 Å². The molecule has 3 aromatic rings. The largest absolute Gasteiger partial charge is 0.508 e. The van der Waals surface area contributed by atoms with E-state index in [0.29, 0.717) is 19.6 Å². The highest BCUT2D eigenvalue weighted by Crippen LogP contribution is 2.41. The summed E-state index contributed by atoms with van der Waals surface area (Å²) in [5.41, 5.74) is 6.00. The number of rotatable bonds is 4. The summed E-state index contributed by atoms with van der Waals surface area (Å²) in [7, 11) is 0. The number of amides is 1. The van der Waals surface area contributed by atoms with Gasteiger partial charge in [-0.15, -0.1) is 0 Å². The number of hydrogen-bond donors (Lipinski definition) is 3. The van der Waals surface area contributed by atoms with Crippen molar-refractivity contribution in [3.8, 4) is 5.75 Å². The van der Waals surface area contributed by atoms with Crippen molar-refractivity contribution < 1.29 is 9.90 Å². The Morgan fingerprint density at radius 2 is 2.14 bits per heavy atom. The van der Waals surface area contributed by atoms with Gasteiger partial charge in [0.2, 0.25) is 5.91 Å². The molecule has 1 aromatic heterocycles. The molecule has 3 N–H and O–H groups in total. The number of carbonyl (C=O) groups excluding carboxylic acids is 1. The van der Waals surface area contributed by atoms with Crippen LogP contribution < -0.4 is 5.32 Å². The van der Waals surface area contributed by atoms with Crippen LogP contribution in [0.25, 0.3) is 16.5 Å². The fraction of sp³-hybridized carbons (Fsp3) is 0.292. The Morgan fingerprint density at radius 1 is 1.28 bits per heavy atom. The minimum absolute atomic E-state index is 0.0754. The Hall–Kier alpha value is -3.05. The molecule has 5 nitrogen and oxygen atoms in total. The topological polar surface area (TPSA) is 68.4 Å². The van der Waals surface area contributed by atoms with Crippen LogP contribution in [0.1, 0.15) is 23.6 Å². The first-order chi connectivity index (χ1) is 14.1. The number of aromatic amines is 1. The molecule has 2 aliphatic rings. The molecular formula is C24H25N3O2. The molecule has 0 saturated heterocycles. The molecule has 0 bridgehead atoms. The first-order valence-electron chi connectivity index (χ1n) is 10.2. The highest BCUT2D eigenvalue weighted by atomic mass is 16.3. The number of carbonyl (C=O) groups is 1. The van der Waals surface area contributed by atoms with Gasteiger partial charge >= 0.3 is 0 Å². The van der Waals surface area contributed by atoms with Gasteiger partial charge in [-0.05, 0) is 53.8 Å². The molecule has 1 aliphatic carbocycles. The minimum atomic E-state index is -0.186. The molecule has 29 heavy (non-hydrogen) atoms. The summed E-state index contributed by atoms with van der Waals surface area (Å²) < 4.78 is 0. The number of nitrogens with zero attached hydrogens (tertiary/aromatic N) is 1. The summed E-state index contributed by atoms with van der Waals surface area (Å²) in [5, 5.41) is 14.2. The molecule has 0 spiro atoms. The quantitative estimate of drug-likeness (QED) is 0.642. The van der Waals surface area contributed by atoms with Gasteiger partial charge in [-0.3, -0.25) is 9.69 Å². The molecule has 2 aromatic carbocycles. The number of fused-ring (bicyclic) bond motifs is 2. The van der Waals surface area contributed by atoms with Crippen LogP contribution >= 0.6 is 0 Å². The van der Waals surface area contributed by atoms with Crippen molar-refractivity contribution in [3.63, 3.8) is 0 Å². The van der Waals surface area contributed by atoms with E-state index >= 15 is 0 Å². The molecule has 2 atom stereocenters. The summed E-state index contributed by atoms with van der Waals surface area (Å²) in [6.07, 6.45) is 5.22. The van der Waals surface area contributed by atoms with Crippen molar-refractivity contribution in [3.05, 3.63) is 71.4 Å². The monoisotopic (exact) mass is 387 g/mol. The maximum absolute atomic E-state index is 12.7. The molecular weight excluding hydrogens is 362 g/mol. The average molecular weight is 387 g/mol. The molecule has 0 saturated carbocycles. The number of phenolic OH excluding ortho intramolecular Hbond substituents is 1. The lowest BCUT2D eigenvalue weighted by atomic mass is 9.79. The molecule has 0 radical (unpaired) electrons. The van der Waals surface area contributed by atoms with Crippen LogP contribution in [-0.2, 0) is 17.8 Å². The van der Waals surface area contributed by atoms with Crippen molar-refractivity contribution in [2.75, 3.05) is 13.1 Å². The van der Waals surface area contributed by atoms with Crippen LogP contribution in [0.3, 0.4) is 0 Å². The van der Waals surface area contributed by atoms with Crippen LogP contribution in [0.15, 0.2) is 54.7 Å². The lowest BCUT2D eigenvalue weighted by Crippen LogP contribution is -2.48. The number of H-pyrrole nitrogens is 1. The smallest absolute Gasteiger partial charge is 0.228 e. The van der Waals surface area contributed by atoms with Crippen molar-refractivity contribution in [2.24, 2.45) is 5.92 Å². The second-order valence-electron chi connectivity index (χ2n) is 7.98. The van der Waals surface area contributed by atoms with Crippen LogP contribution in [-0.4, -0.2) is 40.0 Å². The summed E-state index contributed by atoms with van der Waals surface area (Å²) in [6.45, 7) is 3.95. The van der Waals surface area contributed by atoms with Gasteiger partial charge in [0.1, 0.15) is 5.75 Å². The van der Waals surface area contributed by atoms with E-state index in [4.69, 9.17) is 0 Å². The minimum Gasteiger partial charge on any atom is -0.508 e. The zero-order valence-electron chi connectivity index (χ0n) is 16.5. The standard InChI is InChI=1S/C24H25N3O2/c1-2-25-24(29)17-10-20-19-7-4-8-21-23(19)16(12-26-21)11-22(20)27(14-17)13-15-5-3-6-18(28)9-15/h3-10,12,17,22,26,28H,2,11,13-14H2,1H3,(H,25,29)/t17-,22?/m1/s1. The maximum atomic E-state index is 12.7. The molecule has 5 heteroatoms. The first kappa shape index (κ1) is 18.0. The normalized spacial score (nSPS) is 20.9. The van der Waals surface area contributed by atoms with E-state index in [1.807, 2.05) is 25.1 Å². The summed E-state index contributed by atoms with van der Waals surface area (Å²) >= 11 is 0. The predicted molar refractivity (Wildman–Crippen MR) is 114 cm³/mol. The Balaban J connectivity index is 1.58. The Bertz CT molecular complexity index is 1110. The molecule has 0 fully saturated rings. The molecule has 5 rings (SSSR count). The molecule has 1 unspecified atom stereocenters. The van der Waals surface area contributed by atoms with Gasteiger partial charge in [0.25, 0.3) is 0 Å². The van der Waals surface area contributed by atoms with E-state index < -0.39 is 0 Å². The fourth-order valence-electron chi connectivity index (χ4n) is 4.86. The van der Waals surface area contributed by atoms with Gasteiger partial charge in [0.05, 0.1) is 5.92 Å². The predicted octanol–water partition coefficient (Wildman–Crippen LogP) is 3.45. The van der Waals surface area contributed by atoms with Crippen molar-refractivity contribution in [1.82, 2.24) is 15.2 Å². The van der Waals surface area contributed by atoms with E-state index in [2.05, 4.69) is 45.7 Å². The number of phenols is 1. The van der Waals surface area contributed by atoms with E-state index in [0.717, 1.165) is 17.5 Å². The molecule has 2 heterocycles. The Labute approximate surface area is 170 Å². The second-order valence-corrected chi connectivity index (χ2v) is 7.98. The third kappa shape index (κ3) is 3.12. The van der Waals surface area contributed by atoms with Gasteiger partial charge < -0.3 is 15.4 Å². The zero-order valence-corrected chi connectivity index (χ0v) is 16.5.